The Kier molecular flexibility index (Phi) is 3.35. The van der Waals surface area contributed by atoms with Gasteiger partial charge in [0.05, 0.1) is 6.54 Å². The van der Waals surface area contributed by atoms with Crippen molar-refractivity contribution in [2.75, 3.05) is 0 Å². The SMILES string of the molecule is O=C(O)C=Cc1ccccc1Cn1cccn1. The van der Waals surface area contributed by atoms with Gasteiger partial charge in [-0.2, -0.15) is 5.10 Å². The zero-order chi connectivity index (χ0) is 12.1. The van der Waals surface area contributed by atoms with Crippen molar-refractivity contribution in [2.24, 2.45) is 0 Å². The second-order valence-corrected chi connectivity index (χ2v) is 3.57. The molecular formula is C13H12N2O2. The van der Waals surface area contributed by atoms with Crippen molar-refractivity contribution in [3.05, 3.63) is 59.9 Å². The molecule has 0 aliphatic heterocycles. The van der Waals surface area contributed by atoms with Gasteiger partial charge in [-0.05, 0) is 23.3 Å². The van der Waals surface area contributed by atoms with Gasteiger partial charge in [0.25, 0.3) is 0 Å². The van der Waals surface area contributed by atoms with Crippen LogP contribution in [0.4, 0.5) is 0 Å². The Balaban J connectivity index is 2.24. The number of aromatic nitrogens is 2. The van der Waals surface area contributed by atoms with E-state index in [-0.39, 0.29) is 0 Å². The van der Waals surface area contributed by atoms with E-state index >= 15 is 0 Å². The predicted octanol–water partition coefficient (Wildman–Crippen LogP) is 2.03. The summed E-state index contributed by atoms with van der Waals surface area (Å²) in [5.74, 6) is -0.945. The Hall–Kier alpha value is -2.36. The van der Waals surface area contributed by atoms with E-state index in [0.717, 1.165) is 17.2 Å². The van der Waals surface area contributed by atoms with E-state index < -0.39 is 5.97 Å². The Morgan fingerprint density at radius 2 is 2.18 bits per heavy atom. The van der Waals surface area contributed by atoms with Crippen LogP contribution < -0.4 is 0 Å². The molecule has 2 rings (SSSR count). The molecule has 4 nitrogen and oxygen atoms in total. The van der Waals surface area contributed by atoms with Crippen LogP contribution in [0, 0.1) is 0 Å². The molecule has 0 radical (unpaired) electrons. The highest BCUT2D eigenvalue weighted by Gasteiger charge is 2.00. The first-order chi connectivity index (χ1) is 8.25. The Morgan fingerprint density at radius 1 is 1.35 bits per heavy atom. The quantitative estimate of drug-likeness (QED) is 0.814. The number of hydrogen-bond donors (Lipinski definition) is 1. The molecule has 0 amide bonds. The first-order valence-electron chi connectivity index (χ1n) is 5.22. The number of carboxylic acids is 1. The second-order valence-electron chi connectivity index (χ2n) is 3.57. The van der Waals surface area contributed by atoms with Gasteiger partial charge in [0, 0.05) is 18.5 Å². The summed E-state index contributed by atoms with van der Waals surface area (Å²) in [5, 5.41) is 12.7. The van der Waals surface area contributed by atoms with Gasteiger partial charge >= 0.3 is 5.97 Å². The first kappa shape index (κ1) is 11.1. The topological polar surface area (TPSA) is 55.1 Å². The van der Waals surface area contributed by atoms with Gasteiger partial charge in [-0.15, -0.1) is 0 Å². The van der Waals surface area contributed by atoms with Crippen molar-refractivity contribution in [3.63, 3.8) is 0 Å². The summed E-state index contributed by atoms with van der Waals surface area (Å²) in [4.78, 5) is 10.5. The van der Waals surface area contributed by atoms with Crippen LogP contribution in [0.25, 0.3) is 6.08 Å². The third-order valence-corrected chi connectivity index (χ3v) is 2.35. The summed E-state index contributed by atoms with van der Waals surface area (Å²) >= 11 is 0. The third-order valence-electron chi connectivity index (χ3n) is 2.35. The van der Waals surface area contributed by atoms with E-state index in [1.807, 2.05) is 36.5 Å². The van der Waals surface area contributed by atoms with Gasteiger partial charge in [-0.25, -0.2) is 4.79 Å². The number of hydrogen-bond acceptors (Lipinski definition) is 2. The molecule has 17 heavy (non-hydrogen) atoms. The molecule has 1 aromatic carbocycles. The van der Waals surface area contributed by atoms with Gasteiger partial charge in [0.1, 0.15) is 0 Å². The van der Waals surface area contributed by atoms with Gasteiger partial charge in [-0.1, -0.05) is 24.3 Å². The highest BCUT2D eigenvalue weighted by Crippen LogP contribution is 2.12. The molecule has 0 atom stereocenters. The molecule has 86 valence electrons. The first-order valence-corrected chi connectivity index (χ1v) is 5.22. The standard InChI is InChI=1S/C13H12N2O2/c16-13(17)7-6-11-4-1-2-5-12(11)10-15-9-3-8-14-15/h1-9H,10H2,(H,16,17). The average Bonchev–Trinajstić information content (AvgIpc) is 2.80. The van der Waals surface area contributed by atoms with Crippen molar-refractivity contribution in [1.82, 2.24) is 9.78 Å². The lowest BCUT2D eigenvalue weighted by Crippen LogP contribution is -2.01. The molecular weight excluding hydrogens is 216 g/mol. The van der Waals surface area contributed by atoms with Gasteiger partial charge in [0.2, 0.25) is 0 Å². The molecule has 0 aliphatic rings. The zero-order valence-electron chi connectivity index (χ0n) is 9.15. The summed E-state index contributed by atoms with van der Waals surface area (Å²) in [6, 6.07) is 9.52. The predicted molar refractivity (Wildman–Crippen MR) is 64.4 cm³/mol. The molecule has 1 aromatic heterocycles. The van der Waals surface area contributed by atoms with E-state index in [1.165, 1.54) is 0 Å². The number of carboxylic acid groups (broad SMARTS) is 1. The normalized spacial score (nSPS) is 10.8. The number of benzene rings is 1. The molecule has 0 bridgehead atoms. The summed E-state index contributed by atoms with van der Waals surface area (Å²) in [6.07, 6.45) is 6.33. The van der Waals surface area contributed by atoms with Crippen molar-refractivity contribution < 1.29 is 9.90 Å². The zero-order valence-corrected chi connectivity index (χ0v) is 9.15. The highest BCUT2D eigenvalue weighted by atomic mass is 16.4. The summed E-state index contributed by atoms with van der Waals surface area (Å²) in [7, 11) is 0. The van der Waals surface area contributed by atoms with E-state index in [2.05, 4.69) is 5.10 Å². The number of nitrogens with zero attached hydrogens (tertiary/aromatic N) is 2. The van der Waals surface area contributed by atoms with Crippen LogP contribution in [0.3, 0.4) is 0 Å². The van der Waals surface area contributed by atoms with Gasteiger partial charge < -0.3 is 5.11 Å². The van der Waals surface area contributed by atoms with E-state index in [1.54, 1.807) is 17.0 Å². The fourth-order valence-corrected chi connectivity index (χ4v) is 1.57. The lowest BCUT2D eigenvalue weighted by Gasteiger charge is -2.05. The molecule has 0 spiro atoms. The Labute approximate surface area is 98.8 Å². The molecule has 0 aliphatic carbocycles. The fraction of sp³-hybridized carbons (Fsp3) is 0.0769. The molecule has 0 saturated carbocycles. The Bertz CT molecular complexity index is 530. The minimum atomic E-state index is -0.945. The van der Waals surface area contributed by atoms with Crippen LogP contribution >= 0.6 is 0 Å². The van der Waals surface area contributed by atoms with Crippen LogP contribution in [0.15, 0.2) is 48.8 Å². The van der Waals surface area contributed by atoms with E-state index in [4.69, 9.17) is 5.11 Å². The number of rotatable bonds is 4. The highest BCUT2D eigenvalue weighted by molar-refractivity contribution is 5.85. The largest absolute Gasteiger partial charge is 0.478 e. The van der Waals surface area contributed by atoms with Crippen molar-refractivity contribution in [2.45, 2.75) is 6.54 Å². The Morgan fingerprint density at radius 3 is 2.88 bits per heavy atom. The maximum absolute atomic E-state index is 10.5. The molecule has 2 aromatic rings. The number of aliphatic carboxylic acids is 1. The van der Waals surface area contributed by atoms with Crippen LogP contribution in [0.2, 0.25) is 0 Å². The summed E-state index contributed by atoms with van der Waals surface area (Å²) in [5.41, 5.74) is 1.93. The third kappa shape index (κ3) is 3.04. The molecule has 4 heteroatoms. The molecule has 1 N–H and O–H groups in total. The lowest BCUT2D eigenvalue weighted by atomic mass is 10.1. The maximum Gasteiger partial charge on any atom is 0.328 e. The van der Waals surface area contributed by atoms with Crippen LogP contribution in [-0.4, -0.2) is 20.9 Å². The smallest absolute Gasteiger partial charge is 0.328 e. The van der Waals surface area contributed by atoms with Gasteiger partial charge in [-0.3, -0.25) is 4.68 Å². The summed E-state index contributed by atoms with van der Waals surface area (Å²) in [6.45, 7) is 0.632. The molecule has 0 fully saturated rings. The minimum Gasteiger partial charge on any atom is -0.478 e. The monoisotopic (exact) mass is 228 g/mol. The van der Waals surface area contributed by atoms with Crippen LogP contribution in [0.5, 0.6) is 0 Å². The van der Waals surface area contributed by atoms with Crippen LogP contribution in [-0.2, 0) is 11.3 Å². The molecule has 1 heterocycles. The maximum atomic E-state index is 10.5. The summed E-state index contributed by atoms with van der Waals surface area (Å²) < 4.78 is 1.80. The van der Waals surface area contributed by atoms with E-state index in [0.29, 0.717) is 6.54 Å². The van der Waals surface area contributed by atoms with Crippen molar-refractivity contribution in [1.29, 1.82) is 0 Å². The second kappa shape index (κ2) is 5.12. The minimum absolute atomic E-state index is 0.632. The molecule has 0 unspecified atom stereocenters. The lowest BCUT2D eigenvalue weighted by molar-refractivity contribution is -0.131. The van der Waals surface area contributed by atoms with Crippen molar-refractivity contribution in [3.8, 4) is 0 Å². The molecule has 0 saturated heterocycles. The van der Waals surface area contributed by atoms with Crippen LogP contribution in [0.1, 0.15) is 11.1 Å². The average molecular weight is 228 g/mol. The van der Waals surface area contributed by atoms with Gasteiger partial charge in [0.15, 0.2) is 0 Å². The van der Waals surface area contributed by atoms with Crippen molar-refractivity contribution >= 4 is 12.0 Å². The van der Waals surface area contributed by atoms with E-state index in [9.17, 15) is 4.79 Å². The fourth-order valence-electron chi connectivity index (χ4n) is 1.57. The number of carbonyl (C=O) groups is 1.